The maximum atomic E-state index is 10.6. The molecular weight excluding hydrogens is 259 g/mol. The molecule has 0 aliphatic rings. The minimum Gasteiger partial charge on any atom is -0.505 e. The van der Waals surface area contributed by atoms with Gasteiger partial charge in [-0.25, -0.2) is 4.57 Å². The van der Waals surface area contributed by atoms with Crippen LogP contribution in [0.3, 0.4) is 0 Å². The van der Waals surface area contributed by atoms with Gasteiger partial charge in [-0.2, -0.15) is 0 Å². The fourth-order valence-corrected chi connectivity index (χ4v) is 1.50. The summed E-state index contributed by atoms with van der Waals surface area (Å²) in [6, 6.07) is 0. The van der Waals surface area contributed by atoms with Crippen LogP contribution in [0.15, 0.2) is 24.0 Å². The normalized spacial score (nSPS) is 11.9. The average molecular weight is 272 g/mol. The zero-order valence-corrected chi connectivity index (χ0v) is 10.5. The van der Waals surface area contributed by atoms with Gasteiger partial charge in [-0.05, 0) is 6.92 Å². The summed E-state index contributed by atoms with van der Waals surface area (Å²) < 4.78 is 15.0. The Labute approximate surface area is 104 Å². The van der Waals surface area contributed by atoms with Gasteiger partial charge in [0, 0.05) is 29.7 Å². The van der Waals surface area contributed by atoms with E-state index in [9.17, 15) is 9.67 Å². The van der Waals surface area contributed by atoms with E-state index in [0.29, 0.717) is 11.3 Å². The molecule has 1 rings (SSSR count). The molecule has 0 spiro atoms. The average Bonchev–Trinajstić information content (AvgIpc) is 2.28. The molecule has 0 atom stereocenters. The molecule has 98 valence electrons. The standard InChI is InChI=1S/C10H13N2O5P/c1-3-11-5-9-8(6-17-18(14,15)16)4-12-7(2)10(9)13/h3-5,13H,1,6H2,2H3,(H2,14,15,16). The molecule has 1 aromatic rings. The van der Waals surface area contributed by atoms with Crippen molar-refractivity contribution in [3.8, 4) is 5.75 Å². The van der Waals surface area contributed by atoms with Gasteiger partial charge < -0.3 is 14.9 Å². The molecule has 3 N–H and O–H groups in total. The number of aromatic nitrogens is 1. The van der Waals surface area contributed by atoms with Crippen LogP contribution in [0.2, 0.25) is 0 Å². The van der Waals surface area contributed by atoms with Crippen molar-refractivity contribution in [3.05, 3.63) is 35.8 Å². The number of aryl methyl sites for hydroxylation is 1. The fourth-order valence-electron chi connectivity index (χ4n) is 1.19. The van der Waals surface area contributed by atoms with Gasteiger partial charge in [0.25, 0.3) is 0 Å². The predicted molar refractivity (Wildman–Crippen MR) is 65.3 cm³/mol. The van der Waals surface area contributed by atoms with Crippen LogP contribution in [0.5, 0.6) is 5.75 Å². The number of phosphoric ester groups is 1. The Kier molecular flexibility index (Phi) is 4.75. The molecule has 7 nitrogen and oxygen atoms in total. The third-order valence-electron chi connectivity index (χ3n) is 2.06. The van der Waals surface area contributed by atoms with Gasteiger partial charge in [0.05, 0.1) is 12.3 Å². The SMILES string of the molecule is C=CN=Cc1c(COP(=O)(O)O)cnc(C)c1O. The Morgan fingerprint density at radius 1 is 1.61 bits per heavy atom. The van der Waals surface area contributed by atoms with Crippen LogP contribution in [0.25, 0.3) is 0 Å². The molecule has 0 amide bonds. The molecule has 1 aromatic heterocycles. The van der Waals surface area contributed by atoms with Gasteiger partial charge in [0.1, 0.15) is 5.75 Å². The molecule has 0 saturated heterocycles. The van der Waals surface area contributed by atoms with E-state index in [-0.39, 0.29) is 17.9 Å². The highest BCUT2D eigenvalue weighted by molar-refractivity contribution is 7.46. The van der Waals surface area contributed by atoms with E-state index in [2.05, 4.69) is 21.1 Å². The van der Waals surface area contributed by atoms with E-state index in [1.807, 2.05) is 0 Å². The third kappa shape index (κ3) is 4.05. The molecular formula is C10H13N2O5P. The first-order chi connectivity index (χ1) is 8.35. The molecule has 0 radical (unpaired) electrons. The van der Waals surface area contributed by atoms with Crippen molar-refractivity contribution in [1.82, 2.24) is 4.98 Å². The van der Waals surface area contributed by atoms with Gasteiger partial charge in [0.2, 0.25) is 0 Å². The summed E-state index contributed by atoms with van der Waals surface area (Å²) in [6.07, 6.45) is 3.94. The fraction of sp³-hybridized carbons (Fsp3) is 0.200. The number of rotatable bonds is 5. The number of phosphoric acid groups is 1. The van der Waals surface area contributed by atoms with Crippen molar-refractivity contribution in [2.75, 3.05) is 0 Å². The Balaban J connectivity index is 3.10. The quantitative estimate of drug-likeness (QED) is 0.549. The highest BCUT2D eigenvalue weighted by Gasteiger charge is 2.17. The lowest BCUT2D eigenvalue weighted by atomic mass is 10.1. The number of aliphatic imine (C=N–C) groups is 1. The van der Waals surface area contributed by atoms with Gasteiger partial charge in [0.15, 0.2) is 0 Å². The summed E-state index contributed by atoms with van der Waals surface area (Å²) in [6.45, 7) is 4.60. The highest BCUT2D eigenvalue weighted by atomic mass is 31.2. The first kappa shape index (κ1) is 14.5. The molecule has 8 heteroatoms. The third-order valence-corrected chi connectivity index (χ3v) is 2.52. The van der Waals surface area contributed by atoms with E-state index in [4.69, 9.17) is 9.79 Å². The minimum absolute atomic E-state index is 0.118. The Morgan fingerprint density at radius 3 is 2.83 bits per heavy atom. The topological polar surface area (TPSA) is 112 Å². The zero-order valence-electron chi connectivity index (χ0n) is 9.65. The summed E-state index contributed by atoms with van der Waals surface area (Å²) in [5.41, 5.74) is 0.975. The minimum atomic E-state index is -4.58. The van der Waals surface area contributed by atoms with E-state index in [0.717, 1.165) is 0 Å². The van der Waals surface area contributed by atoms with Crippen molar-refractivity contribution in [1.29, 1.82) is 0 Å². The van der Waals surface area contributed by atoms with E-state index >= 15 is 0 Å². The maximum absolute atomic E-state index is 10.6. The lowest BCUT2D eigenvalue weighted by Crippen LogP contribution is -2.00. The Bertz CT molecular complexity index is 523. The first-order valence-corrected chi connectivity index (χ1v) is 6.40. The lowest BCUT2D eigenvalue weighted by Gasteiger charge is -2.10. The van der Waals surface area contributed by atoms with Crippen molar-refractivity contribution < 1.29 is 24.0 Å². The predicted octanol–water partition coefficient (Wildman–Crippen LogP) is 1.27. The van der Waals surface area contributed by atoms with Crippen molar-refractivity contribution in [2.24, 2.45) is 4.99 Å². The van der Waals surface area contributed by atoms with Crippen LogP contribution in [-0.4, -0.2) is 26.1 Å². The molecule has 0 bridgehead atoms. The van der Waals surface area contributed by atoms with Crippen LogP contribution < -0.4 is 0 Å². The van der Waals surface area contributed by atoms with Crippen molar-refractivity contribution in [3.63, 3.8) is 0 Å². The molecule has 18 heavy (non-hydrogen) atoms. The van der Waals surface area contributed by atoms with Crippen LogP contribution in [0, 0.1) is 6.92 Å². The molecule has 0 fully saturated rings. The van der Waals surface area contributed by atoms with Gasteiger partial charge >= 0.3 is 7.82 Å². The second kappa shape index (κ2) is 5.88. The van der Waals surface area contributed by atoms with Crippen molar-refractivity contribution in [2.45, 2.75) is 13.5 Å². The first-order valence-electron chi connectivity index (χ1n) is 4.86. The number of hydrogen-bond acceptors (Lipinski definition) is 5. The van der Waals surface area contributed by atoms with Gasteiger partial charge in [-0.3, -0.25) is 14.5 Å². The largest absolute Gasteiger partial charge is 0.505 e. The molecule has 0 aliphatic heterocycles. The van der Waals surface area contributed by atoms with Gasteiger partial charge in [-0.15, -0.1) is 0 Å². The van der Waals surface area contributed by atoms with E-state index in [1.165, 1.54) is 18.6 Å². The van der Waals surface area contributed by atoms with Crippen LogP contribution in [0.1, 0.15) is 16.8 Å². The smallest absolute Gasteiger partial charge is 0.469 e. The summed E-state index contributed by atoms with van der Waals surface area (Å²) in [5, 5.41) is 9.80. The van der Waals surface area contributed by atoms with Crippen LogP contribution in [-0.2, 0) is 15.7 Å². The van der Waals surface area contributed by atoms with Crippen LogP contribution >= 0.6 is 7.82 Å². The number of aromatic hydroxyl groups is 1. The number of pyridine rings is 1. The molecule has 1 heterocycles. The van der Waals surface area contributed by atoms with Crippen LogP contribution in [0.4, 0.5) is 0 Å². The Hall–Kier alpha value is -1.53. The van der Waals surface area contributed by atoms with E-state index in [1.54, 1.807) is 6.92 Å². The zero-order chi connectivity index (χ0) is 13.8. The molecule has 0 aliphatic carbocycles. The van der Waals surface area contributed by atoms with Crippen molar-refractivity contribution >= 4 is 14.0 Å². The number of nitrogens with zero attached hydrogens (tertiary/aromatic N) is 2. The summed E-state index contributed by atoms with van der Waals surface area (Å²) >= 11 is 0. The molecule has 0 unspecified atom stereocenters. The second-order valence-corrected chi connectivity index (χ2v) is 4.60. The summed E-state index contributed by atoms with van der Waals surface area (Å²) in [7, 11) is -4.58. The highest BCUT2D eigenvalue weighted by Crippen LogP contribution is 2.37. The number of hydrogen-bond donors (Lipinski definition) is 3. The summed E-state index contributed by atoms with van der Waals surface area (Å²) in [4.78, 5) is 24.9. The lowest BCUT2D eigenvalue weighted by molar-refractivity contribution is 0.188. The van der Waals surface area contributed by atoms with E-state index < -0.39 is 7.82 Å². The second-order valence-electron chi connectivity index (χ2n) is 3.36. The molecule has 0 aromatic carbocycles. The molecule has 0 saturated carbocycles. The Morgan fingerprint density at radius 2 is 2.28 bits per heavy atom. The maximum Gasteiger partial charge on any atom is 0.469 e. The summed E-state index contributed by atoms with van der Waals surface area (Å²) in [5.74, 6) is -0.118. The monoisotopic (exact) mass is 272 g/mol. The van der Waals surface area contributed by atoms with Gasteiger partial charge in [-0.1, -0.05) is 6.58 Å².